The summed E-state index contributed by atoms with van der Waals surface area (Å²) >= 11 is 0. The predicted octanol–water partition coefficient (Wildman–Crippen LogP) is 1.05. The number of hydrogen-bond acceptors (Lipinski definition) is 3. The van der Waals surface area contributed by atoms with E-state index in [-0.39, 0.29) is 12.1 Å². The quantitative estimate of drug-likeness (QED) is 0.662. The fraction of sp³-hybridized carbons (Fsp3) is 0.733. The second kappa shape index (κ2) is 6.93. The third kappa shape index (κ3) is 4.46. The maximum absolute atomic E-state index is 11.8. The van der Waals surface area contributed by atoms with Gasteiger partial charge < -0.3 is 20.6 Å². The molecule has 0 spiro atoms. The van der Waals surface area contributed by atoms with Crippen LogP contribution in [0.25, 0.3) is 0 Å². The molecule has 2 amide bonds. The molecule has 0 radical (unpaired) electrons. The standard InChI is InChI=1S/C15H25N3O3/c1-10(2)18-6-5-11(9-18)8-16-15(21)17-13-4-3-12(7-13)14(19)20/h3-4,10-13H,5-9H2,1-2H3,(H,19,20)(H2,16,17,21). The summed E-state index contributed by atoms with van der Waals surface area (Å²) in [5, 5.41) is 14.6. The van der Waals surface area contributed by atoms with Crippen LogP contribution in [0.4, 0.5) is 4.79 Å². The van der Waals surface area contributed by atoms with E-state index in [9.17, 15) is 9.59 Å². The number of urea groups is 1. The van der Waals surface area contributed by atoms with Crippen LogP contribution in [0.2, 0.25) is 0 Å². The average Bonchev–Trinajstić information content (AvgIpc) is 3.05. The number of carboxylic acid groups (broad SMARTS) is 1. The summed E-state index contributed by atoms with van der Waals surface area (Å²) in [5.41, 5.74) is 0. The van der Waals surface area contributed by atoms with Gasteiger partial charge in [0.25, 0.3) is 0 Å². The van der Waals surface area contributed by atoms with Crippen LogP contribution in [0.3, 0.4) is 0 Å². The van der Waals surface area contributed by atoms with Gasteiger partial charge in [0, 0.05) is 19.1 Å². The van der Waals surface area contributed by atoms with E-state index in [1.54, 1.807) is 12.2 Å². The molecule has 0 aromatic heterocycles. The van der Waals surface area contributed by atoms with Crippen LogP contribution >= 0.6 is 0 Å². The van der Waals surface area contributed by atoms with Gasteiger partial charge in [-0.2, -0.15) is 0 Å². The van der Waals surface area contributed by atoms with Gasteiger partial charge in [-0.25, -0.2) is 4.79 Å². The Kier molecular flexibility index (Phi) is 5.22. The third-order valence-corrected chi connectivity index (χ3v) is 4.32. The minimum atomic E-state index is -0.837. The summed E-state index contributed by atoms with van der Waals surface area (Å²) in [6.07, 6.45) is 4.95. The summed E-state index contributed by atoms with van der Waals surface area (Å²) < 4.78 is 0. The fourth-order valence-corrected chi connectivity index (χ4v) is 2.94. The zero-order valence-electron chi connectivity index (χ0n) is 12.7. The summed E-state index contributed by atoms with van der Waals surface area (Å²) in [4.78, 5) is 25.1. The second-order valence-corrected chi connectivity index (χ2v) is 6.27. The molecule has 0 aromatic carbocycles. The molecule has 3 unspecified atom stereocenters. The van der Waals surface area contributed by atoms with Crippen molar-refractivity contribution in [1.29, 1.82) is 0 Å². The van der Waals surface area contributed by atoms with Gasteiger partial charge in [-0.3, -0.25) is 4.79 Å². The van der Waals surface area contributed by atoms with Crippen molar-refractivity contribution in [2.45, 2.75) is 38.8 Å². The molecule has 2 aliphatic rings. The Morgan fingerprint density at radius 3 is 2.71 bits per heavy atom. The first-order valence-corrected chi connectivity index (χ1v) is 7.65. The topological polar surface area (TPSA) is 81.7 Å². The van der Waals surface area contributed by atoms with Crippen LogP contribution < -0.4 is 10.6 Å². The molecular formula is C15H25N3O3. The molecule has 0 saturated carbocycles. The molecule has 0 aromatic rings. The van der Waals surface area contributed by atoms with E-state index in [0.29, 0.717) is 24.9 Å². The van der Waals surface area contributed by atoms with Crippen LogP contribution in [0.1, 0.15) is 26.7 Å². The molecule has 3 atom stereocenters. The molecule has 2 rings (SSSR count). The van der Waals surface area contributed by atoms with Crippen molar-refractivity contribution < 1.29 is 14.7 Å². The second-order valence-electron chi connectivity index (χ2n) is 6.27. The van der Waals surface area contributed by atoms with Crippen molar-refractivity contribution in [2.75, 3.05) is 19.6 Å². The lowest BCUT2D eigenvalue weighted by atomic mass is 10.1. The molecule has 0 bridgehead atoms. The van der Waals surface area contributed by atoms with Crippen molar-refractivity contribution in [3.05, 3.63) is 12.2 Å². The number of nitrogens with zero attached hydrogens (tertiary/aromatic N) is 1. The lowest BCUT2D eigenvalue weighted by molar-refractivity contribution is -0.140. The molecule has 6 heteroatoms. The Bertz CT molecular complexity index is 422. The number of likely N-dealkylation sites (tertiary alicyclic amines) is 1. The maximum Gasteiger partial charge on any atom is 0.315 e. The average molecular weight is 295 g/mol. The molecular weight excluding hydrogens is 270 g/mol. The van der Waals surface area contributed by atoms with Crippen molar-refractivity contribution in [3.63, 3.8) is 0 Å². The van der Waals surface area contributed by atoms with Gasteiger partial charge in [0.2, 0.25) is 0 Å². The van der Waals surface area contributed by atoms with Gasteiger partial charge in [0.15, 0.2) is 0 Å². The molecule has 21 heavy (non-hydrogen) atoms. The van der Waals surface area contributed by atoms with Crippen molar-refractivity contribution >= 4 is 12.0 Å². The van der Waals surface area contributed by atoms with E-state index < -0.39 is 11.9 Å². The van der Waals surface area contributed by atoms with Crippen LogP contribution in [0, 0.1) is 11.8 Å². The number of carbonyl (C=O) groups is 2. The number of amides is 2. The van der Waals surface area contributed by atoms with Crippen LogP contribution in [-0.2, 0) is 4.79 Å². The number of rotatable bonds is 5. The smallest absolute Gasteiger partial charge is 0.315 e. The van der Waals surface area contributed by atoms with Crippen molar-refractivity contribution in [2.24, 2.45) is 11.8 Å². The summed E-state index contributed by atoms with van der Waals surface area (Å²) in [5.74, 6) is -0.815. The molecule has 6 nitrogen and oxygen atoms in total. The van der Waals surface area contributed by atoms with Gasteiger partial charge in [-0.05, 0) is 39.2 Å². The monoisotopic (exact) mass is 295 g/mol. The highest BCUT2D eigenvalue weighted by molar-refractivity contribution is 5.76. The lowest BCUT2D eigenvalue weighted by Gasteiger charge is -2.20. The van der Waals surface area contributed by atoms with Crippen molar-refractivity contribution in [3.8, 4) is 0 Å². The Labute approximate surface area is 125 Å². The first kappa shape index (κ1) is 15.8. The Morgan fingerprint density at radius 2 is 2.14 bits per heavy atom. The molecule has 1 heterocycles. The van der Waals surface area contributed by atoms with Gasteiger partial charge in [0.1, 0.15) is 0 Å². The summed E-state index contributed by atoms with van der Waals surface area (Å²) in [6.45, 7) is 7.18. The Balaban J connectivity index is 1.65. The minimum absolute atomic E-state index is 0.179. The van der Waals surface area contributed by atoms with Crippen LogP contribution in [-0.4, -0.2) is 53.7 Å². The minimum Gasteiger partial charge on any atom is -0.481 e. The highest BCUT2D eigenvalue weighted by atomic mass is 16.4. The van der Waals surface area contributed by atoms with Gasteiger partial charge in [-0.1, -0.05) is 12.2 Å². The number of nitrogens with one attached hydrogen (secondary N) is 2. The first-order chi connectivity index (χ1) is 9.95. The van der Waals surface area contributed by atoms with Crippen molar-refractivity contribution in [1.82, 2.24) is 15.5 Å². The summed E-state index contributed by atoms with van der Waals surface area (Å²) in [6, 6.07) is 0.168. The molecule has 1 fully saturated rings. The molecule has 1 saturated heterocycles. The number of hydrogen-bond donors (Lipinski definition) is 3. The van der Waals surface area contributed by atoms with Crippen LogP contribution in [0.15, 0.2) is 12.2 Å². The Hall–Kier alpha value is -1.56. The third-order valence-electron chi connectivity index (χ3n) is 4.32. The van der Waals surface area contributed by atoms with E-state index >= 15 is 0 Å². The normalized spacial score (nSPS) is 29.0. The molecule has 3 N–H and O–H groups in total. The lowest BCUT2D eigenvalue weighted by Crippen LogP contribution is -2.43. The zero-order valence-corrected chi connectivity index (χ0v) is 12.7. The van der Waals surface area contributed by atoms with E-state index in [1.165, 1.54) is 0 Å². The highest BCUT2D eigenvalue weighted by Gasteiger charge is 2.27. The molecule has 118 valence electrons. The van der Waals surface area contributed by atoms with E-state index in [2.05, 4.69) is 29.4 Å². The first-order valence-electron chi connectivity index (χ1n) is 7.65. The predicted molar refractivity (Wildman–Crippen MR) is 80.0 cm³/mol. The number of aliphatic carboxylic acids is 1. The van der Waals surface area contributed by atoms with E-state index in [0.717, 1.165) is 19.5 Å². The van der Waals surface area contributed by atoms with Gasteiger partial charge in [-0.15, -0.1) is 0 Å². The fourth-order valence-electron chi connectivity index (χ4n) is 2.94. The van der Waals surface area contributed by atoms with E-state index in [4.69, 9.17) is 5.11 Å². The summed E-state index contributed by atoms with van der Waals surface area (Å²) in [7, 11) is 0. The highest BCUT2D eigenvalue weighted by Crippen LogP contribution is 2.19. The SMILES string of the molecule is CC(C)N1CCC(CNC(=O)NC2C=CC(C(=O)O)C2)C1. The number of carbonyl (C=O) groups excluding carboxylic acids is 1. The zero-order chi connectivity index (χ0) is 15.4. The molecule has 1 aliphatic heterocycles. The maximum atomic E-state index is 11.8. The largest absolute Gasteiger partial charge is 0.481 e. The van der Waals surface area contributed by atoms with Gasteiger partial charge in [0.05, 0.1) is 12.0 Å². The van der Waals surface area contributed by atoms with E-state index in [1.807, 2.05) is 0 Å². The Morgan fingerprint density at radius 1 is 1.38 bits per heavy atom. The van der Waals surface area contributed by atoms with Gasteiger partial charge >= 0.3 is 12.0 Å². The number of carboxylic acids is 1. The molecule has 1 aliphatic carbocycles. The van der Waals surface area contributed by atoms with Crippen LogP contribution in [0.5, 0.6) is 0 Å².